The minimum atomic E-state index is -0.117. The molecule has 2 heterocycles. The van der Waals surface area contributed by atoms with Crippen molar-refractivity contribution in [3.05, 3.63) is 82.4 Å². The highest BCUT2D eigenvalue weighted by Gasteiger charge is 2.39. The number of pyridine rings is 1. The summed E-state index contributed by atoms with van der Waals surface area (Å²) in [6, 6.07) is 15.9. The van der Waals surface area contributed by atoms with Gasteiger partial charge in [0.1, 0.15) is 5.15 Å². The quantitative estimate of drug-likeness (QED) is 0.611. The number of halogens is 1. The van der Waals surface area contributed by atoms with Crippen molar-refractivity contribution in [3.8, 4) is 0 Å². The van der Waals surface area contributed by atoms with E-state index in [2.05, 4.69) is 10.1 Å². The van der Waals surface area contributed by atoms with Gasteiger partial charge in [-0.05, 0) is 44.4 Å². The predicted octanol–water partition coefficient (Wildman–Crippen LogP) is 4.65. The minimum Gasteiger partial charge on any atom is -0.327 e. The van der Waals surface area contributed by atoms with Crippen molar-refractivity contribution in [2.45, 2.75) is 45.3 Å². The zero-order valence-corrected chi connectivity index (χ0v) is 16.8. The molecule has 0 N–H and O–H groups in total. The first kappa shape index (κ1) is 18.7. The van der Waals surface area contributed by atoms with Crippen LogP contribution in [0, 0.1) is 6.92 Å². The van der Waals surface area contributed by atoms with Crippen molar-refractivity contribution in [3.63, 3.8) is 0 Å². The number of rotatable bonds is 6. The lowest BCUT2D eigenvalue weighted by Crippen LogP contribution is -2.36. The first-order valence-electron chi connectivity index (χ1n) is 9.56. The van der Waals surface area contributed by atoms with Crippen molar-refractivity contribution < 1.29 is 4.79 Å². The average molecular weight is 395 g/mol. The normalized spacial score (nSPS) is 14.7. The molecule has 0 aliphatic heterocycles. The number of nitrogens with zero attached hydrogens (tertiary/aromatic N) is 4. The Morgan fingerprint density at radius 3 is 2.57 bits per heavy atom. The van der Waals surface area contributed by atoms with E-state index in [1.54, 1.807) is 10.9 Å². The third kappa shape index (κ3) is 3.67. The molecule has 0 radical (unpaired) electrons. The van der Waals surface area contributed by atoms with Crippen LogP contribution < -0.4 is 0 Å². The molecule has 1 unspecified atom stereocenters. The zero-order valence-electron chi connectivity index (χ0n) is 16.0. The zero-order chi connectivity index (χ0) is 19.7. The van der Waals surface area contributed by atoms with Crippen LogP contribution in [0.3, 0.4) is 0 Å². The van der Waals surface area contributed by atoms with Crippen LogP contribution in [-0.4, -0.2) is 31.6 Å². The number of hydrogen-bond donors (Lipinski definition) is 0. The van der Waals surface area contributed by atoms with Gasteiger partial charge in [0.2, 0.25) is 0 Å². The summed E-state index contributed by atoms with van der Waals surface area (Å²) in [4.78, 5) is 19.9. The summed E-state index contributed by atoms with van der Waals surface area (Å²) in [5.74, 6) is -0.0672. The summed E-state index contributed by atoms with van der Waals surface area (Å²) in [5.41, 5.74) is 3.12. The van der Waals surface area contributed by atoms with Crippen LogP contribution in [0.1, 0.15) is 53.1 Å². The number of aromatic nitrogens is 3. The third-order valence-corrected chi connectivity index (χ3v) is 5.55. The second-order valence-corrected chi connectivity index (χ2v) is 7.63. The van der Waals surface area contributed by atoms with Gasteiger partial charge in [0, 0.05) is 12.2 Å². The van der Waals surface area contributed by atoms with E-state index in [1.165, 1.54) is 0 Å². The molecule has 1 fully saturated rings. The summed E-state index contributed by atoms with van der Waals surface area (Å²) in [6.45, 7) is 4.40. The van der Waals surface area contributed by atoms with Crippen molar-refractivity contribution in [2.24, 2.45) is 0 Å². The maximum atomic E-state index is 13.5. The Bertz CT molecular complexity index is 967. The van der Waals surface area contributed by atoms with E-state index >= 15 is 0 Å². The fraction of sp³-hybridized carbons (Fsp3) is 0.318. The van der Waals surface area contributed by atoms with Crippen LogP contribution in [0.5, 0.6) is 0 Å². The number of amides is 1. The van der Waals surface area contributed by atoms with Gasteiger partial charge in [-0.3, -0.25) is 9.78 Å². The lowest BCUT2D eigenvalue weighted by molar-refractivity contribution is 0.0669. The smallest absolute Gasteiger partial charge is 0.259 e. The summed E-state index contributed by atoms with van der Waals surface area (Å²) < 4.78 is 1.70. The predicted molar refractivity (Wildman–Crippen MR) is 109 cm³/mol. The number of carbonyl (C=O) groups excluding carboxylic acids is 1. The van der Waals surface area contributed by atoms with E-state index in [-0.39, 0.29) is 18.0 Å². The van der Waals surface area contributed by atoms with E-state index < -0.39 is 0 Å². The molecule has 0 spiro atoms. The maximum absolute atomic E-state index is 13.5. The molecule has 6 heteroatoms. The van der Waals surface area contributed by atoms with Crippen LogP contribution >= 0.6 is 11.6 Å². The van der Waals surface area contributed by atoms with Gasteiger partial charge in [-0.25, -0.2) is 4.68 Å². The van der Waals surface area contributed by atoms with Gasteiger partial charge in [-0.15, -0.1) is 0 Å². The standard InChI is InChI=1S/C22H23ClN4O/c1-15-20(21(23)26(25-15)14-17-8-4-3-5-9-17)22(28)27(18-11-12-18)16(2)19-10-6-7-13-24-19/h3-10,13,16,18H,11-12,14H2,1-2H3. The van der Waals surface area contributed by atoms with E-state index in [0.717, 1.165) is 24.1 Å². The second-order valence-electron chi connectivity index (χ2n) is 7.27. The molecule has 5 nitrogen and oxygen atoms in total. The molecular weight excluding hydrogens is 372 g/mol. The van der Waals surface area contributed by atoms with Gasteiger partial charge in [0.05, 0.1) is 29.5 Å². The molecular formula is C22H23ClN4O. The fourth-order valence-corrected chi connectivity index (χ4v) is 3.88. The largest absolute Gasteiger partial charge is 0.327 e. The first-order valence-corrected chi connectivity index (χ1v) is 9.94. The molecule has 0 saturated heterocycles. The SMILES string of the molecule is Cc1nn(Cc2ccccc2)c(Cl)c1C(=O)N(C1CC1)C(C)c1ccccn1. The van der Waals surface area contributed by atoms with Crippen LogP contribution in [0.2, 0.25) is 5.15 Å². The minimum absolute atomic E-state index is 0.0672. The van der Waals surface area contributed by atoms with Crippen LogP contribution in [0.15, 0.2) is 54.7 Å². The first-order chi connectivity index (χ1) is 13.6. The van der Waals surface area contributed by atoms with Gasteiger partial charge < -0.3 is 4.90 Å². The van der Waals surface area contributed by atoms with Gasteiger partial charge in [0.25, 0.3) is 5.91 Å². The molecule has 1 amide bonds. The molecule has 144 valence electrons. The Balaban J connectivity index is 1.64. The number of aryl methyl sites for hydroxylation is 1. The molecule has 3 aromatic rings. The van der Waals surface area contributed by atoms with E-state index in [0.29, 0.717) is 23.0 Å². The third-order valence-electron chi connectivity index (χ3n) is 5.16. The topological polar surface area (TPSA) is 51.0 Å². The molecule has 0 bridgehead atoms. The molecule has 2 aromatic heterocycles. The molecule has 1 aliphatic rings. The number of carbonyl (C=O) groups is 1. The summed E-state index contributed by atoms with van der Waals surface area (Å²) >= 11 is 6.63. The summed E-state index contributed by atoms with van der Waals surface area (Å²) in [7, 11) is 0. The van der Waals surface area contributed by atoms with Crippen LogP contribution in [0.4, 0.5) is 0 Å². The van der Waals surface area contributed by atoms with Gasteiger partial charge in [-0.1, -0.05) is 48.0 Å². The lowest BCUT2D eigenvalue weighted by atomic mass is 10.1. The highest BCUT2D eigenvalue weighted by atomic mass is 35.5. The Morgan fingerprint density at radius 1 is 1.21 bits per heavy atom. The molecule has 28 heavy (non-hydrogen) atoms. The number of hydrogen-bond acceptors (Lipinski definition) is 3. The maximum Gasteiger partial charge on any atom is 0.259 e. The molecule has 1 atom stereocenters. The highest BCUT2D eigenvalue weighted by Crippen LogP contribution is 2.36. The molecule has 1 aromatic carbocycles. The molecule has 1 aliphatic carbocycles. The average Bonchev–Trinajstić information content (AvgIpc) is 3.49. The molecule has 4 rings (SSSR count). The van der Waals surface area contributed by atoms with E-state index in [9.17, 15) is 4.79 Å². The Kier molecular flexibility index (Phi) is 5.18. The Hall–Kier alpha value is -2.66. The fourth-order valence-electron chi connectivity index (χ4n) is 3.56. The van der Waals surface area contributed by atoms with Gasteiger partial charge in [0.15, 0.2) is 0 Å². The van der Waals surface area contributed by atoms with Crippen LogP contribution in [0.25, 0.3) is 0 Å². The second kappa shape index (κ2) is 7.76. The number of benzene rings is 1. The molecule has 1 saturated carbocycles. The van der Waals surface area contributed by atoms with Crippen molar-refractivity contribution in [1.82, 2.24) is 19.7 Å². The van der Waals surface area contributed by atoms with Gasteiger partial charge in [-0.2, -0.15) is 5.10 Å². The Labute approximate surface area is 170 Å². The lowest BCUT2D eigenvalue weighted by Gasteiger charge is -2.29. The highest BCUT2D eigenvalue weighted by molar-refractivity contribution is 6.33. The van der Waals surface area contributed by atoms with Crippen LogP contribution in [-0.2, 0) is 6.54 Å². The monoisotopic (exact) mass is 394 g/mol. The Morgan fingerprint density at radius 2 is 1.93 bits per heavy atom. The van der Waals surface area contributed by atoms with Crippen molar-refractivity contribution >= 4 is 17.5 Å². The summed E-state index contributed by atoms with van der Waals surface area (Å²) in [6.07, 6.45) is 3.78. The van der Waals surface area contributed by atoms with Gasteiger partial charge >= 0.3 is 0 Å². The van der Waals surface area contributed by atoms with E-state index in [1.807, 2.05) is 67.3 Å². The summed E-state index contributed by atoms with van der Waals surface area (Å²) in [5, 5.41) is 4.94. The van der Waals surface area contributed by atoms with Crippen molar-refractivity contribution in [2.75, 3.05) is 0 Å². The van der Waals surface area contributed by atoms with E-state index in [4.69, 9.17) is 11.6 Å². The van der Waals surface area contributed by atoms with Crippen molar-refractivity contribution in [1.29, 1.82) is 0 Å².